The van der Waals surface area contributed by atoms with Crippen LogP contribution in [0.2, 0.25) is 5.15 Å². The van der Waals surface area contributed by atoms with E-state index in [2.05, 4.69) is 9.97 Å². The highest BCUT2D eigenvalue weighted by molar-refractivity contribution is 6.29. The van der Waals surface area contributed by atoms with E-state index in [1.165, 1.54) is 24.5 Å². The summed E-state index contributed by atoms with van der Waals surface area (Å²) in [6.07, 6.45) is 3.01. The zero-order chi connectivity index (χ0) is 13.8. The molecule has 2 rings (SSSR count). The van der Waals surface area contributed by atoms with Gasteiger partial charge in [-0.25, -0.2) is 4.98 Å². The molecule has 0 aliphatic carbocycles. The van der Waals surface area contributed by atoms with Crippen LogP contribution in [0.15, 0.2) is 30.6 Å². The molecule has 0 saturated carbocycles. The second-order valence-corrected chi connectivity index (χ2v) is 3.99. The second kappa shape index (κ2) is 5.62. The summed E-state index contributed by atoms with van der Waals surface area (Å²) in [4.78, 5) is 18.5. The molecule has 0 aliphatic heterocycles. The summed E-state index contributed by atoms with van der Waals surface area (Å²) >= 11 is 5.79. The lowest BCUT2D eigenvalue weighted by Gasteiger charge is -2.06. The quantitative estimate of drug-likeness (QED) is 0.488. The molecule has 2 aromatic heterocycles. The molecule has 0 spiro atoms. The van der Waals surface area contributed by atoms with Gasteiger partial charge in [-0.1, -0.05) is 11.6 Å². The van der Waals surface area contributed by atoms with Crippen molar-refractivity contribution in [3.63, 3.8) is 0 Å². The highest BCUT2D eigenvalue weighted by Gasteiger charge is 2.18. The summed E-state index contributed by atoms with van der Waals surface area (Å²) in [5, 5.41) is 11.2. The molecule has 0 amide bonds. The first-order valence-electron chi connectivity index (χ1n) is 5.51. The number of halogens is 1. The minimum atomic E-state index is -0.508. The number of pyridine rings is 2. The van der Waals surface area contributed by atoms with Gasteiger partial charge in [0, 0.05) is 17.8 Å². The Bertz CT molecular complexity index is 619. The van der Waals surface area contributed by atoms with Crippen LogP contribution in [0, 0.1) is 10.1 Å². The molecule has 2 aromatic rings. The largest absolute Gasteiger partial charge is 0.492 e. The van der Waals surface area contributed by atoms with E-state index < -0.39 is 4.92 Å². The average Bonchev–Trinajstić information content (AvgIpc) is 2.39. The van der Waals surface area contributed by atoms with Crippen molar-refractivity contribution in [1.29, 1.82) is 0 Å². The van der Waals surface area contributed by atoms with Crippen molar-refractivity contribution >= 4 is 17.3 Å². The number of rotatable bonds is 4. The van der Waals surface area contributed by atoms with Crippen molar-refractivity contribution in [3.8, 4) is 17.0 Å². The first kappa shape index (κ1) is 13.2. The normalized spacial score (nSPS) is 10.2. The molecule has 0 aliphatic rings. The van der Waals surface area contributed by atoms with Gasteiger partial charge in [0.15, 0.2) is 5.69 Å². The standard InChI is InChI=1S/C12H10ClN3O3/c1-2-19-9-5-8(6-14-7-9)12-10(16(17)18)3-4-11(13)15-12/h3-7H,2H2,1H3. The van der Waals surface area contributed by atoms with Crippen molar-refractivity contribution in [3.05, 3.63) is 45.9 Å². The number of nitro groups is 1. The predicted molar refractivity (Wildman–Crippen MR) is 70.3 cm³/mol. The Morgan fingerprint density at radius 3 is 2.89 bits per heavy atom. The number of ether oxygens (including phenoxy) is 1. The van der Waals surface area contributed by atoms with Gasteiger partial charge in [0.25, 0.3) is 5.69 Å². The third-order valence-electron chi connectivity index (χ3n) is 2.33. The van der Waals surface area contributed by atoms with Crippen molar-refractivity contribution in [2.24, 2.45) is 0 Å². The van der Waals surface area contributed by atoms with Crippen LogP contribution in [0.3, 0.4) is 0 Å². The van der Waals surface area contributed by atoms with Gasteiger partial charge in [-0.15, -0.1) is 0 Å². The third kappa shape index (κ3) is 2.97. The molecule has 0 unspecified atom stereocenters. The van der Waals surface area contributed by atoms with Crippen LogP contribution >= 0.6 is 11.6 Å². The van der Waals surface area contributed by atoms with Gasteiger partial charge in [0.2, 0.25) is 0 Å². The summed E-state index contributed by atoms with van der Waals surface area (Å²) in [5.74, 6) is 0.524. The van der Waals surface area contributed by atoms with Crippen LogP contribution in [0.25, 0.3) is 11.3 Å². The van der Waals surface area contributed by atoms with Crippen LogP contribution in [-0.4, -0.2) is 21.5 Å². The maximum absolute atomic E-state index is 11.0. The van der Waals surface area contributed by atoms with E-state index in [1.807, 2.05) is 6.92 Å². The fraction of sp³-hybridized carbons (Fsp3) is 0.167. The maximum atomic E-state index is 11.0. The summed E-state index contributed by atoms with van der Waals surface area (Å²) in [5.41, 5.74) is 0.534. The number of hydrogen-bond donors (Lipinski definition) is 0. The topological polar surface area (TPSA) is 78.2 Å². The molecule has 6 nitrogen and oxygen atoms in total. The van der Waals surface area contributed by atoms with Gasteiger partial charge in [0.05, 0.1) is 17.7 Å². The Morgan fingerprint density at radius 1 is 1.42 bits per heavy atom. The lowest BCUT2D eigenvalue weighted by molar-refractivity contribution is -0.384. The Kier molecular flexibility index (Phi) is 3.91. The van der Waals surface area contributed by atoms with Gasteiger partial charge in [-0.3, -0.25) is 15.1 Å². The highest BCUT2D eigenvalue weighted by atomic mass is 35.5. The average molecular weight is 280 g/mol. The van der Waals surface area contributed by atoms with Gasteiger partial charge < -0.3 is 4.74 Å². The zero-order valence-corrected chi connectivity index (χ0v) is 10.8. The predicted octanol–water partition coefficient (Wildman–Crippen LogP) is 3.10. The van der Waals surface area contributed by atoms with Crippen LogP contribution < -0.4 is 4.74 Å². The smallest absolute Gasteiger partial charge is 0.295 e. The fourth-order valence-electron chi connectivity index (χ4n) is 1.58. The van der Waals surface area contributed by atoms with E-state index in [0.29, 0.717) is 17.9 Å². The van der Waals surface area contributed by atoms with Crippen LogP contribution in [-0.2, 0) is 0 Å². The summed E-state index contributed by atoms with van der Waals surface area (Å²) in [7, 11) is 0. The van der Waals surface area contributed by atoms with Gasteiger partial charge in [-0.05, 0) is 19.1 Å². The number of nitrogens with zero attached hydrogens (tertiary/aromatic N) is 3. The molecule has 98 valence electrons. The van der Waals surface area contributed by atoms with E-state index in [0.717, 1.165) is 0 Å². The molecule has 0 saturated heterocycles. The molecule has 0 N–H and O–H groups in total. The maximum Gasteiger partial charge on any atom is 0.295 e. The van der Waals surface area contributed by atoms with E-state index in [-0.39, 0.29) is 16.5 Å². The van der Waals surface area contributed by atoms with E-state index in [4.69, 9.17) is 16.3 Å². The molecule has 0 bridgehead atoms. The Hall–Kier alpha value is -2.21. The monoisotopic (exact) mass is 279 g/mol. The fourth-order valence-corrected chi connectivity index (χ4v) is 1.73. The van der Waals surface area contributed by atoms with Gasteiger partial charge in [-0.2, -0.15) is 0 Å². The minimum Gasteiger partial charge on any atom is -0.492 e. The van der Waals surface area contributed by atoms with E-state index >= 15 is 0 Å². The van der Waals surface area contributed by atoms with Gasteiger partial charge in [0.1, 0.15) is 10.9 Å². The lowest BCUT2D eigenvalue weighted by atomic mass is 10.1. The molecule has 19 heavy (non-hydrogen) atoms. The first-order chi connectivity index (χ1) is 9.11. The summed E-state index contributed by atoms with van der Waals surface area (Å²) < 4.78 is 5.31. The Balaban J connectivity index is 2.54. The molecule has 0 radical (unpaired) electrons. The summed E-state index contributed by atoms with van der Waals surface area (Å²) in [6.45, 7) is 2.32. The highest BCUT2D eigenvalue weighted by Crippen LogP contribution is 2.30. The molecular weight excluding hydrogens is 270 g/mol. The van der Waals surface area contributed by atoms with Crippen molar-refractivity contribution in [2.45, 2.75) is 6.92 Å². The molecule has 0 fully saturated rings. The zero-order valence-electron chi connectivity index (χ0n) is 10.0. The molecule has 2 heterocycles. The second-order valence-electron chi connectivity index (χ2n) is 3.60. The molecular formula is C12H10ClN3O3. The lowest BCUT2D eigenvalue weighted by Crippen LogP contribution is -1.97. The first-order valence-corrected chi connectivity index (χ1v) is 5.88. The van der Waals surface area contributed by atoms with E-state index in [9.17, 15) is 10.1 Å². The van der Waals surface area contributed by atoms with Crippen molar-refractivity contribution in [2.75, 3.05) is 6.61 Å². The SMILES string of the molecule is CCOc1cncc(-c2nc(Cl)ccc2[N+](=O)[O-])c1. The Labute approximate surface area is 114 Å². The van der Waals surface area contributed by atoms with Crippen LogP contribution in [0.5, 0.6) is 5.75 Å². The van der Waals surface area contributed by atoms with Gasteiger partial charge >= 0.3 is 0 Å². The molecule has 0 aromatic carbocycles. The summed E-state index contributed by atoms with van der Waals surface area (Å²) in [6, 6.07) is 4.34. The van der Waals surface area contributed by atoms with Crippen LogP contribution in [0.1, 0.15) is 6.92 Å². The van der Waals surface area contributed by atoms with Crippen molar-refractivity contribution in [1.82, 2.24) is 9.97 Å². The molecule has 0 atom stereocenters. The Morgan fingerprint density at radius 2 is 2.21 bits per heavy atom. The van der Waals surface area contributed by atoms with Crippen LogP contribution in [0.4, 0.5) is 5.69 Å². The van der Waals surface area contributed by atoms with E-state index in [1.54, 1.807) is 6.07 Å². The third-order valence-corrected chi connectivity index (χ3v) is 2.54. The van der Waals surface area contributed by atoms with Crippen molar-refractivity contribution < 1.29 is 9.66 Å². The number of aromatic nitrogens is 2. The molecule has 7 heteroatoms. The number of hydrogen-bond acceptors (Lipinski definition) is 5. The minimum absolute atomic E-state index is 0.125.